The largest absolute Gasteiger partial charge is 0.490 e. The van der Waals surface area contributed by atoms with Crippen molar-refractivity contribution in [1.29, 1.82) is 0 Å². The van der Waals surface area contributed by atoms with Gasteiger partial charge in [-0.05, 0) is 41.7 Å². The number of anilines is 2. The summed E-state index contributed by atoms with van der Waals surface area (Å²) in [5, 5.41) is 43.1. The third-order valence-electron chi connectivity index (χ3n) is 10.3. The van der Waals surface area contributed by atoms with Gasteiger partial charge in [0.1, 0.15) is 18.3 Å². The fourth-order valence-corrected chi connectivity index (χ4v) is 7.09. The molecule has 0 aliphatic carbocycles. The maximum atomic E-state index is 12.8. The predicted octanol–water partition coefficient (Wildman–Crippen LogP) is 4.72. The van der Waals surface area contributed by atoms with Crippen molar-refractivity contribution in [2.45, 2.75) is 69.0 Å². The van der Waals surface area contributed by atoms with Gasteiger partial charge in [-0.25, -0.2) is 14.6 Å². The van der Waals surface area contributed by atoms with E-state index in [2.05, 4.69) is 50.4 Å². The van der Waals surface area contributed by atoms with Crippen LogP contribution in [0, 0.1) is 0 Å². The molecule has 0 radical (unpaired) electrons. The summed E-state index contributed by atoms with van der Waals surface area (Å²) in [6, 6.07) is 25.6. The van der Waals surface area contributed by atoms with Crippen LogP contribution in [0.3, 0.4) is 0 Å². The van der Waals surface area contributed by atoms with Gasteiger partial charge in [0.25, 0.3) is 0 Å². The molecule has 20 heteroatoms. The van der Waals surface area contributed by atoms with Gasteiger partial charge < -0.3 is 45.4 Å². The van der Waals surface area contributed by atoms with Gasteiger partial charge in [-0.3, -0.25) is 9.55 Å². The molecule has 61 heavy (non-hydrogen) atoms. The molecule has 4 aromatic heterocycles. The number of nitrogens with zero attached hydrogens (tertiary/aromatic N) is 7. The van der Waals surface area contributed by atoms with Gasteiger partial charge in [-0.1, -0.05) is 72.7 Å². The lowest BCUT2D eigenvalue weighted by molar-refractivity contribution is -0.192. The van der Waals surface area contributed by atoms with Crippen LogP contribution in [0.5, 0.6) is 0 Å². The summed E-state index contributed by atoms with van der Waals surface area (Å²) in [5.41, 5.74) is 4.84. The molecule has 2 fully saturated rings. The minimum atomic E-state index is -5.08. The third-order valence-corrected chi connectivity index (χ3v) is 10.3. The number of alkyl halides is 3. The monoisotopic (exact) mass is 844 g/mol. The Bertz CT molecular complexity index is 2350. The summed E-state index contributed by atoms with van der Waals surface area (Å²) in [4.78, 5) is 42.4. The molecule has 2 amide bonds. The molecule has 5 atom stereocenters. The molecule has 2 aliphatic heterocycles. The quantitative estimate of drug-likeness (QED) is 0.0981. The lowest BCUT2D eigenvalue weighted by Gasteiger charge is -2.22. The first-order valence-corrected chi connectivity index (χ1v) is 19.4. The van der Waals surface area contributed by atoms with Gasteiger partial charge in [0.05, 0.1) is 12.0 Å². The van der Waals surface area contributed by atoms with Crippen molar-refractivity contribution in [3.8, 4) is 0 Å². The Morgan fingerprint density at radius 2 is 1.64 bits per heavy atom. The van der Waals surface area contributed by atoms with E-state index in [1.54, 1.807) is 29.4 Å². The molecule has 6 heterocycles. The van der Waals surface area contributed by atoms with Crippen LogP contribution in [0.25, 0.3) is 11.2 Å². The van der Waals surface area contributed by atoms with Gasteiger partial charge >= 0.3 is 18.2 Å². The number of aromatic nitrogens is 6. The Balaban J connectivity index is 0.000000739. The van der Waals surface area contributed by atoms with Crippen molar-refractivity contribution < 1.29 is 47.3 Å². The number of carbonyl (C=O) groups excluding carboxylic acids is 1. The lowest BCUT2D eigenvalue weighted by Crippen LogP contribution is -2.43. The van der Waals surface area contributed by atoms with E-state index in [1.807, 2.05) is 60.4 Å². The number of aliphatic carboxylic acids is 1. The van der Waals surface area contributed by atoms with E-state index in [0.29, 0.717) is 73.4 Å². The van der Waals surface area contributed by atoms with E-state index in [4.69, 9.17) is 34.1 Å². The molecular formula is C41H43F3N10O7. The Labute approximate surface area is 346 Å². The van der Waals surface area contributed by atoms with E-state index < -0.39 is 36.7 Å². The fraction of sp³-hybridized carbons (Fsp3) is 0.341. The molecule has 2 aliphatic rings. The number of carboxylic acid groups (broad SMARTS) is 1. The summed E-state index contributed by atoms with van der Waals surface area (Å²) in [5.74, 6) is -1.50. The summed E-state index contributed by atoms with van der Waals surface area (Å²) in [6.07, 6.45) is -3.39. The van der Waals surface area contributed by atoms with Crippen molar-refractivity contribution in [3.05, 3.63) is 126 Å². The molecular weight excluding hydrogens is 802 g/mol. The van der Waals surface area contributed by atoms with Crippen molar-refractivity contribution in [2.24, 2.45) is 0 Å². The first-order chi connectivity index (χ1) is 29.4. The standard InChI is InChI=1S/C39H42N10O5.C2HF3O2/c1-2-27-19-30(54-47-27)34-32(50)33(51)37(53-34)49-23-43-31-35(41-21-29(25-9-5-3-6-10-25)26-11-7-4-8-12-26)45-38(46-36(31)49)48-18-15-28(22-48)44-39(52)42-20-24-13-16-40-17-14-24;3-2(4,5)1(6)7/h3-14,16-17,19,23,28-29,32-34,37,50-51H,2,15,18,20-22H2,1H3,(H,41,45,46)(H2,42,44,52);(H,6,7)/t28-,32+,33-,34-,37-;/m1./s1. The van der Waals surface area contributed by atoms with Gasteiger partial charge in [0.2, 0.25) is 5.95 Å². The highest BCUT2D eigenvalue weighted by atomic mass is 19.4. The van der Waals surface area contributed by atoms with Gasteiger partial charge in [0, 0.05) is 56.6 Å². The van der Waals surface area contributed by atoms with Crippen molar-refractivity contribution in [1.82, 2.24) is 40.3 Å². The topological polar surface area (TPSA) is 226 Å². The van der Waals surface area contributed by atoms with Crippen LogP contribution in [0.4, 0.5) is 29.7 Å². The number of nitrogens with one attached hydrogen (secondary N) is 3. The summed E-state index contributed by atoms with van der Waals surface area (Å²) >= 11 is 0. The molecule has 0 spiro atoms. The van der Waals surface area contributed by atoms with Crippen LogP contribution in [0.15, 0.2) is 102 Å². The molecule has 8 rings (SSSR count). The van der Waals surface area contributed by atoms with Crippen LogP contribution in [-0.4, -0.2) is 101 Å². The fourth-order valence-electron chi connectivity index (χ4n) is 7.09. The van der Waals surface area contributed by atoms with Crippen LogP contribution < -0.4 is 20.9 Å². The highest BCUT2D eigenvalue weighted by Gasteiger charge is 2.47. The number of ether oxygens (including phenoxy) is 1. The number of rotatable bonds is 12. The Hall–Kier alpha value is -6.64. The number of imidazole rings is 1. The van der Waals surface area contributed by atoms with E-state index in [1.165, 1.54) is 0 Å². The van der Waals surface area contributed by atoms with Crippen molar-refractivity contribution in [2.75, 3.05) is 29.9 Å². The van der Waals surface area contributed by atoms with E-state index in [-0.39, 0.29) is 18.0 Å². The second-order valence-corrected chi connectivity index (χ2v) is 14.4. The smallest absolute Gasteiger partial charge is 0.475 e. The molecule has 6 aromatic rings. The summed E-state index contributed by atoms with van der Waals surface area (Å²) in [7, 11) is 0. The van der Waals surface area contributed by atoms with E-state index >= 15 is 0 Å². The number of fused-ring (bicyclic) bond motifs is 1. The number of aryl methyl sites for hydroxylation is 1. The zero-order valence-electron chi connectivity index (χ0n) is 32.7. The number of urea groups is 1. The molecule has 2 aromatic carbocycles. The average Bonchev–Trinajstić information content (AvgIpc) is 4.09. The average molecular weight is 845 g/mol. The molecule has 0 saturated carbocycles. The number of benzene rings is 2. The number of hydrogen-bond donors (Lipinski definition) is 6. The number of carboxylic acids is 1. The summed E-state index contributed by atoms with van der Waals surface area (Å²) < 4.78 is 45.1. The maximum absolute atomic E-state index is 12.8. The van der Waals surface area contributed by atoms with Crippen molar-refractivity contribution >= 4 is 34.9 Å². The Morgan fingerprint density at radius 3 is 2.26 bits per heavy atom. The number of hydrogen-bond acceptors (Lipinski definition) is 13. The normalized spacial score (nSPS) is 20.0. The summed E-state index contributed by atoms with van der Waals surface area (Å²) in [6.45, 7) is 3.91. The second-order valence-electron chi connectivity index (χ2n) is 14.4. The Kier molecular flexibility index (Phi) is 13.0. The van der Waals surface area contributed by atoms with Crippen molar-refractivity contribution in [3.63, 3.8) is 0 Å². The minimum absolute atomic E-state index is 0.000195. The Morgan fingerprint density at radius 1 is 0.967 bits per heavy atom. The number of carbonyl (C=O) groups is 2. The zero-order valence-corrected chi connectivity index (χ0v) is 32.7. The van der Waals surface area contributed by atoms with Gasteiger partial charge in [0.15, 0.2) is 29.0 Å². The zero-order chi connectivity index (χ0) is 43.1. The number of amides is 2. The van der Waals surface area contributed by atoms with Gasteiger partial charge in [-0.2, -0.15) is 23.1 Å². The molecule has 0 unspecified atom stereocenters. The highest BCUT2D eigenvalue weighted by molar-refractivity contribution is 5.84. The number of aliphatic hydroxyl groups is 2. The highest BCUT2D eigenvalue weighted by Crippen LogP contribution is 2.41. The first kappa shape index (κ1) is 42.5. The third kappa shape index (κ3) is 10.0. The van der Waals surface area contributed by atoms with E-state index in [0.717, 1.165) is 16.7 Å². The number of halogens is 3. The van der Waals surface area contributed by atoms with E-state index in [9.17, 15) is 28.2 Å². The maximum Gasteiger partial charge on any atom is 0.490 e. The van der Waals surface area contributed by atoms with Crippen LogP contribution in [-0.2, 0) is 22.5 Å². The molecule has 17 nitrogen and oxygen atoms in total. The molecule has 2 saturated heterocycles. The first-order valence-electron chi connectivity index (χ1n) is 19.4. The van der Waals surface area contributed by atoms with Crippen LogP contribution in [0.1, 0.15) is 59.7 Å². The SMILES string of the molecule is CCc1cc([C@H]2O[C@@H](n3cnc4c(NCC(c5ccccc5)c5ccccc5)nc(N5CC[C@@H](NC(=O)NCc6ccncc6)C5)nc43)[C@H](O)[C@@H]2O)on1.O=C(O)C(F)(F)F. The molecule has 320 valence electrons. The number of pyridine rings is 1. The molecule has 6 N–H and O–H groups in total. The van der Waals surface area contributed by atoms with Gasteiger partial charge in [-0.15, -0.1) is 0 Å². The van der Waals surface area contributed by atoms with Crippen LogP contribution in [0.2, 0.25) is 0 Å². The number of aliphatic hydroxyl groups excluding tert-OH is 2. The predicted molar refractivity (Wildman–Crippen MR) is 213 cm³/mol. The van der Waals surface area contributed by atoms with Crippen LogP contribution >= 0.6 is 0 Å². The molecule has 0 bridgehead atoms. The second kappa shape index (κ2) is 18.7. The minimum Gasteiger partial charge on any atom is -0.475 e. The lowest BCUT2D eigenvalue weighted by atomic mass is 9.91.